The molecule has 0 unspecified atom stereocenters. The van der Waals surface area contributed by atoms with Crippen LogP contribution in [0.3, 0.4) is 0 Å². The topological polar surface area (TPSA) is 93.4 Å². The predicted octanol–water partition coefficient (Wildman–Crippen LogP) is 3.34. The van der Waals surface area contributed by atoms with Crippen LogP contribution in [0.4, 0.5) is 18.9 Å². The lowest BCUT2D eigenvalue weighted by Gasteiger charge is -2.19. The quantitative estimate of drug-likeness (QED) is 0.697. The third-order valence-electron chi connectivity index (χ3n) is 4.72. The number of nitrogens with zero attached hydrogens (tertiary/aromatic N) is 5. The summed E-state index contributed by atoms with van der Waals surface area (Å²) in [5.41, 5.74) is 2.07. The standard InChI is InChI=1S/C19H16F3N5O3/c1-10-16-13(3-4-14(25-16)11-5-15(28)17(30-2)23-6-11)18(29)27(10)12-7-24-26(8-12)9-19(20,21)22/h3-8,10,28H,9H2,1-2H3/t10-/m1/s1. The summed E-state index contributed by atoms with van der Waals surface area (Å²) in [4.78, 5) is 22.7. The van der Waals surface area contributed by atoms with E-state index in [0.717, 1.165) is 4.68 Å². The zero-order chi connectivity index (χ0) is 21.6. The van der Waals surface area contributed by atoms with E-state index in [1.165, 1.54) is 36.7 Å². The fourth-order valence-corrected chi connectivity index (χ4v) is 3.39. The summed E-state index contributed by atoms with van der Waals surface area (Å²) in [7, 11) is 1.38. The van der Waals surface area contributed by atoms with Crippen molar-refractivity contribution in [2.24, 2.45) is 0 Å². The number of hydrogen-bond acceptors (Lipinski definition) is 6. The first-order valence-electron chi connectivity index (χ1n) is 8.85. The molecule has 3 aromatic heterocycles. The summed E-state index contributed by atoms with van der Waals surface area (Å²) in [5.74, 6) is -0.454. The smallest absolute Gasteiger partial charge is 0.408 e. The van der Waals surface area contributed by atoms with Crippen molar-refractivity contribution in [3.63, 3.8) is 0 Å². The lowest BCUT2D eigenvalue weighted by Crippen LogP contribution is -2.26. The molecule has 0 aliphatic carbocycles. The van der Waals surface area contributed by atoms with Crippen LogP contribution in [0, 0.1) is 0 Å². The van der Waals surface area contributed by atoms with Crippen LogP contribution in [-0.4, -0.2) is 44.0 Å². The lowest BCUT2D eigenvalue weighted by atomic mass is 10.1. The molecule has 1 aliphatic rings. The monoisotopic (exact) mass is 419 g/mol. The molecule has 1 N–H and O–H groups in total. The highest BCUT2D eigenvalue weighted by Gasteiger charge is 2.37. The first-order valence-corrected chi connectivity index (χ1v) is 8.85. The fraction of sp³-hybridized carbons (Fsp3) is 0.263. The van der Waals surface area contributed by atoms with Crippen molar-refractivity contribution in [1.82, 2.24) is 19.7 Å². The van der Waals surface area contributed by atoms with Gasteiger partial charge in [0.1, 0.15) is 6.54 Å². The van der Waals surface area contributed by atoms with Gasteiger partial charge in [0, 0.05) is 18.0 Å². The second-order valence-electron chi connectivity index (χ2n) is 6.74. The van der Waals surface area contributed by atoms with Crippen LogP contribution in [-0.2, 0) is 6.54 Å². The number of rotatable bonds is 4. The highest BCUT2D eigenvalue weighted by atomic mass is 19.4. The van der Waals surface area contributed by atoms with Crippen LogP contribution in [0.2, 0.25) is 0 Å². The van der Waals surface area contributed by atoms with Crippen LogP contribution in [0.5, 0.6) is 11.6 Å². The molecule has 0 radical (unpaired) electrons. The Bertz CT molecular complexity index is 1130. The molecule has 1 amide bonds. The first kappa shape index (κ1) is 19.7. The summed E-state index contributed by atoms with van der Waals surface area (Å²) in [6.45, 7) is 0.484. The van der Waals surface area contributed by atoms with Crippen molar-refractivity contribution < 1.29 is 27.8 Å². The SMILES string of the molecule is COc1ncc(-c2ccc3c(n2)[C@@H](C)N(c2cnn(CC(F)(F)F)c2)C3=O)cc1O. The second kappa shape index (κ2) is 7.01. The number of alkyl halides is 3. The average molecular weight is 419 g/mol. The number of carbonyl (C=O) groups excluding carboxylic acids is 1. The largest absolute Gasteiger partial charge is 0.503 e. The maximum absolute atomic E-state index is 12.8. The zero-order valence-corrected chi connectivity index (χ0v) is 15.9. The number of amides is 1. The lowest BCUT2D eigenvalue weighted by molar-refractivity contribution is -0.142. The van der Waals surface area contributed by atoms with E-state index in [9.17, 15) is 23.1 Å². The molecule has 1 aliphatic heterocycles. The van der Waals surface area contributed by atoms with Gasteiger partial charge in [-0.25, -0.2) is 9.97 Å². The Kier molecular flexibility index (Phi) is 4.60. The van der Waals surface area contributed by atoms with Gasteiger partial charge in [-0.3, -0.25) is 14.4 Å². The Morgan fingerprint density at radius 2 is 2.03 bits per heavy atom. The minimum Gasteiger partial charge on any atom is -0.503 e. The first-order chi connectivity index (χ1) is 14.2. The van der Waals surface area contributed by atoms with E-state index in [1.54, 1.807) is 19.1 Å². The van der Waals surface area contributed by atoms with Gasteiger partial charge in [0.2, 0.25) is 0 Å². The summed E-state index contributed by atoms with van der Waals surface area (Å²) >= 11 is 0. The van der Waals surface area contributed by atoms with E-state index in [0.29, 0.717) is 22.5 Å². The highest BCUT2D eigenvalue weighted by Crippen LogP contribution is 2.38. The molecule has 3 aromatic rings. The molecule has 0 spiro atoms. The average Bonchev–Trinajstić information content (AvgIpc) is 3.22. The van der Waals surface area contributed by atoms with Crippen LogP contribution in [0.15, 0.2) is 36.8 Å². The van der Waals surface area contributed by atoms with Crippen LogP contribution in [0.1, 0.15) is 29.0 Å². The molecular formula is C19H16F3N5O3. The number of pyridine rings is 2. The number of halogens is 3. The minimum atomic E-state index is -4.42. The van der Waals surface area contributed by atoms with Gasteiger partial charge in [0.05, 0.1) is 42.0 Å². The normalized spacial score (nSPS) is 16.1. The Hall–Kier alpha value is -3.63. The van der Waals surface area contributed by atoms with Crippen LogP contribution >= 0.6 is 0 Å². The Morgan fingerprint density at radius 1 is 1.27 bits per heavy atom. The van der Waals surface area contributed by atoms with Crippen molar-refractivity contribution >= 4 is 11.6 Å². The number of hydrogen-bond donors (Lipinski definition) is 1. The van der Waals surface area contributed by atoms with E-state index >= 15 is 0 Å². The number of anilines is 1. The van der Waals surface area contributed by atoms with Crippen molar-refractivity contribution in [2.45, 2.75) is 25.7 Å². The van der Waals surface area contributed by atoms with Gasteiger partial charge in [-0.15, -0.1) is 0 Å². The van der Waals surface area contributed by atoms with Gasteiger partial charge in [-0.1, -0.05) is 0 Å². The minimum absolute atomic E-state index is 0.0745. The maximum atomic E-state index is 12.8. The Balaban J connectivity index is 1.65. The molecule has 156 valence electrons. The second-order valence-corrected chi connectivity index (χ2v) is 6.74. The molecule has 4 rings (SSSR count). The number of fused-ring (bicyclic) bond motifs is 1. The van der Waals surface area contributed by atoms with Gasteiger partial charge in [-0.2, -0.15) is 18.3 Å². The summed E-state index contributed by atoms with van der Waals surface area (Å²) in [5, 5.41) is 13.7. The zero-order valence-electron chi connectivity index (χ0n) is 15.9. The molecule has 4 heterocycles. The highest BCUT2D eigenvalue weighted by molar-refractivity contribution is 6.10. The molecule has 0 saturated carbocycles. The molecule has 0 fully saturated rings. The van der Waals surface area contributed by atoms with E-state index < -0.39 is 18.8 Å². The van der Waals surface area contributed by atoms with Gasteiger partial charge in [0.15, 0.2) is 5.75 Å². The number of aromatic hydroxyl groups is 1. The predicted molar refractivity (Wildman–Crippen MR) is 99.2 cm³/mol. The fourth-order valence-electron chi connectivity index (χ4n) is 3.39. The van der Waals surface area contributed by atoms with Crippen molar-refractivity contribution in [2.75, 3.05) is 12.0 Å². The van der Waals surface area contributed by atoms with Crippen molar-refractivity contribution in [1.29, 1.82) is 0 Å². The Morgan fingerprint density at radius 3 is 2.70 bits per heavy atom. The molecule has 0 aromatic carbocycles. The summed E-state index contributed by atoms with van der Waals surface area (Å²) < 4.78 is 43.5. The molecular weight excluding hydrogens is 403 g/mol. The molecule has 0 saturated heterocycles. The number of methoxy groups -OCH3 is 1. The number of carbonyl (C=O) groups is 1. The van der Waals surface area contributed by atoms with E-state index in [2.05, 4.69) is 15.1 Å². The summed E-state index contributed by atoms with van der Waals surface area (Å²) in [6.07, 6.45) is -0.534. The van der Waals surface area contributed by atoms with Crippen LogP contribution < -0.4 is 9.64 Å². The summed E-state index contributed by atoms with van der Waals surface area (Å²) in [6, 6.07) is 4.14. The van der Waals surface area contributed by atoms with Gasteiger partial charge >= 0.3 is 6.18 Å². The van der Waals surface area contributed by atoms with E-state index in [4.69, 9.17) is 4.74 Å². The molecule has 0 bridgehead atoms. The number of ether oxygens (including phenoxy) is 1. The van der Waals surface area contributed by atoms with E-state index in [1.807, 2.05) is 0 Å². The molecule has 30 heavy (non-hydrogen) atoms. The van der Waals surface area contributed by atoms with Gasteiger partial charge < -0.3 is 9.84 Å². The maximum Gasteiger partial charge on any atom is 0.408 e. The molecule has 1 atom stereocenters. The molecule has 11 heteroatoms. The van der Waals surface area contributed by atoms with Gasteiger partial charge in [-0.05, 0) is 25.1 Å². The third kappa shape index (κ3) is 3.42. The van der Waals surface area contributed by atoms with Crippen molar-refractivity contribution in [3.8, 4) is 22.9 Å². The van der Waals surface area contributed by atoms with Gasteiger partial charge in [0.25, 0.3) is 11.8 Å². The van der Waals surface area contributed by atoms with E-state index in [-0.39, 0.29) is 23.2 Å². The van der Waals surface area contributed by atoms with Crippen LogP contribution in [0.25, 0.3) is 11.3 Å². The number of aromatic nitrogens is 4. The van der Waals surface area contributed by atoms with Crippen molar-refractivity contribution in [3.05, 3.63) is 48.0 Å². The molecule has 8 nitrogen and oxygen atoms in total. The Labute approximate surface area is 168 Å². The third-order valence-corrected chi connectivity index (χ3v) is 4.72.